The Labute approximate surface area is 223 Å². The maximum Gasteiger partial charge on any atom is 0.238 e. The molecule has 38 heavy (non-hydrogen) atoms. The van der Waals surface area contributed by atoms with Crippen LogP contribution in [0.3, 0.4) is 0 Å². The summed E-state index contributed by atoms with van der Waals surface area (Å²) in [6.45, 7) is 0. The summed E-state index contributed by atoms with van der Waals surface area (Å²) in [6, 6.07) is 23.4. The van der Waals surface area contributed by atoms with Crippen LogP contribution < -0.4 is 10.2 Å². The van der Waals surface area contributed by atoms with E-state index >= 15 is 0 Å². The van der Waals surface area contributed by atoms with E-state index in [0.717, 1.165) is 11.3 Å². The second kappa shape index (κ2) is 8.30. The van der Waals surface area contributed by atoms with Gasteiger partial charge in [0.05, 0.1) is 23.2 Å². The van der Waals surface area contributed by atoms with E-state index in [4.69, 9.17) is 16.0 Å². The highest BCUT2D eigenvalue weighted by Gasteiger charge is 2.70. The van der Waals surface area contributed by atoms with Gasteiger partial charge in [0.25, 0.3) is 0 Å². The van der Waals surface area contributed by atoms with Crippen LogP contribution in [-0.4, -0.2) is 29.6 Å². The Morgan fingerprint density at radius 3 is 2.47 bits per heavy atom. The monoisotopic (exact) mass is 520 g/mol. The third-order valence-corrected chi connectivity index (χ3v) is 8.33. The molecule has 0 unspecified atom stereocenters. The summed E-state index contributed by atoms with van der Waals surface area (Å²) in [5.74, 6) is -2.06. The lowest BCUT2D eigenvalue weighted by Gasteiger charge is -2.37. The van der Waals surface area contributed by atoms with Gasteiger partial charge in [-0.3, -0.25) is 14.4 Å². The summed E-state index contributed by atoms with van der Waals surface area (Å²) < 4.78 is 5.56. The van der Waals surface area contributed by atoms with E-state index in [1.54, 1.807) is 36.4 Å². The first-order chi connectivity index (χ1) is 18.5. The minimum atomic E-state index is -1.38. The quantitative estimate of drug-likeness (QED) is 0.345. The van der Waals surface area contributed by atoms with E-state index in [1.165, 1.54) is 6.26 Å². The smallest absolute Gasteiger partial charge is 0.238 e. The van der Waals surface area contributed by atoms with Crippen LogP contribution in [0.4, 0.5) is 11.4 Å². The summed E-state index contributed by atoms with van der Waals surface area (Å²) in [5.41, 5.74) is 1.90. The topological polar surface area (TPSA) is 79.6 Å². The minimum absolute atomic E-state index is 0.0978. The van der Waals surface area contributed by atoms with Crippen LogP contribution >= 0.6 is 11.6 Å². The Kier molecular flexibility index (Phi) is 4.97. The van der Waals surface area contributed by atoms with E-state index < -0.39 is 29.2 Å². The molecule has 0 bridgehead atoms. The molecule has 0 saturated carbocycles. The highest BCUT2D eigenvalue weighted by Crippen LogP contribution is 2.58. The summed E-state index contributed by atoms with van der Waals surface area (Å²) in [6.07, 6.45) is 5.32. The number of benzene rings is 3. The number of ketones is 2. The van der Waals surface area contributed by atoms with Gasteiger partial charge < -0.3 is 14.6 Å². The highest BCUT2D eigenvalue weighted by atomic mass is 35.5. The van der Waals surface area contributed by atoms with E-state index in [2.05, 4.69) is 5.32 Å². The average Bonchev–Trinajstić information content (AvgIpc) is 3.65. The Morgan fingerprint density at radius 2 is 1.66 bits per heavy atom. The highest BCUT2D eigenvalue weighted by molar-refractivity contribution is 6.34. The van der Waals surface area contributed by atoms with E-state index in [-0.39, 0.29) is 22.5 Å². The average molecular weight is 521 g/mol. The van der Waals surface area contributed by atoms with Crippen molar-refractivity contribution in [2.75, 3.05) is 10.2 Å². The van der Waals surface area contributed by atoms with Gasteiger partial charge in [0, 0.05) is 16.9 Å². The molecule has 7 heteroatoms. The number of halogens is 1. The molecule has 3 aliphatic rings. The molecule has 0 radical (unpaired) electrons. The fourth-order valence-electron chi connectivity index (χ4n) is 6.51. The number of anilines is 2. The van der Waals surface area contributed by atoms with Crippen LogP contribution in [0.1, 0.15) is 32.0 Å². The van der Waals surface area contributed by atoms with E-state index in [1.807, 2.05) is 65.6 Å². The molecule has 1 amide bonds. The Hall–Kier alpha value is -4.42. The van der Waals surface area contributed by atoms with Gasteiger partial charge in [0.15, 0.2) is 11.5 Å². The third kappa shape index (κ3) is 2.92. The third-order valence-electron chi connectivity index (χ3n) is 8.00. The number of hydrogen-bond donors (Lipinski definition) is 1. The Balaban J connectivity index is 1.56. The first-order valence-electron chi connectivity index (χ1n) is 12.4. The van der Waals surface area contributed by atoms with Gasteiger partial charge in [-0.05, 0) is 47.5 Å². The lowest BCUT2D eigenvalue weighted by molar-refractivity contribution is -0.121. The molecule has 6 nitrogen and oxygen atoms in total. The van der Waals surface area contributed by atoms with Crippen molar-refractivity contribution in [3.8, 4) is 0 Å². The summed E-state index contributed by atoms with van der Waals surface area (Å²) in [4.78, 5) is 45.0. The van der Waals surface area contributed by atoms with Crippen molar-refractivity contribution in [3.05, 3.63) is 125 Å². The fraction of sp³-hybridized carbons (Fsp3) is 0.129. The van der Waals surface area contributed by atoms with Crippen LogP contribution in [0.15, 0.2) is 102 Å². The van der Waals surface area contributed by atoms with Crippen molar-refractivity contribution < 1.29 is 18.8 Å². The zero-order chi connectivity index (χ0) is 26.0. The zero-order valence-corrected chi connectivity index (χ0v) is 20.8. The van der Waals surface area contributed by atoms with Crippen molar-refractivity contribution in [2.24, 2.45) is 5.92 Å². The summed E-state index contributed by atoms with van der Waals surface area (Å²) in [5, 5.41) is 3.30. The molecule has 1 saturated heterocycles. The second-order valence-corrected chi connectivity index (χ2v) is 10.2. The molecule has 7 rings (SSSR count). The van der Waals surface area contributed by atoms with E-state index in [0.29, 0.717) is 16.8 Å². The van der Waals surface area contributed by atoms with Crippen molar-refractivity contribution in [3.63, 3.8) is 0 Å². The van der Waals surface area contributed by atoms with Crippen molar-refractivity contribution in [2.45, 2.75) is 17.5 Å². The van der Waals surface area contributed by atoms with Gasteiger partial charge in [-0.25, -0.2) is 0 Å². The molecule has 1 spiro atoms. The number of carbonyl (C=O) groups excluding carboxylic acids is 3. The number of carbonyl (C=O) groups is 3. The molecule has 1 fully saturated rings. The number of nitrogens with zero attached hydrogens (tertiary/aromatic N) is 1. The largest absolute Gasteiger partial charge is 0.461 e. The molecule has 3 aliphatic heterocycles. The normalized spacial score (nSPS) is 24.6. The number of Topliss-reactive ketones (excluding diaryl/α,β-unsaturated/α-hetero) is 2. The predicted octanol–water partition coefficient (Wildman–Crippen LogP) is 5.79. The number of rotatable bonds is 4. The van der Waals surface area contributed by atoms with Gasteiger partial charge in [-0.2, -0.15) is 0 Å². The number of hydrogen-bond acceptors (Lipinski definition) is 5. The molecular formula is C31H21ClN2O4. The minimum Gasteiger partial charge on any atom is -0.461 e. The summed E-state index contributed by atoms with van der Waals surface area (Å²) in [7, 11) is 0. The second-order valence-electron chi connectivity index (χ2n) is 9.75. The molecule has 0 aliphatic carbocycles. The van der Waals surface area contributed by atoms with Crippen molar-refractivity contribution in [1.82, 2.24) is 0 Å². The lowest BCUT2D eigenvalue weighted by atomic mass is 9.64. The molecule has 1 aromatic heterocycles. The maximum atomic E-state index is 14.5. The van der Waals surface area contributed by atoms with Gasteiger partial charge in [0.2, 0.25) is 11.7 Å². The number of para-hydroxylation sites is 2. The zero-order valence-electron chi connectivity index (χ0n) is 20.0. The molecule has 1 N–H and O–H groups in total. The molecular weight excluding hydrogens is 500 g/mol. The van der Waals surface area contributed by atoms with Gasteiger partial charge in [0.1, 0.15) is 11.5 Å². The predicted molar refractivity (Wildman–Crippen MR) is 145 cm³/mol. The first kappa shape index (κ1) is 22.8. The Morgan fingerprint density at radius 1 is 0.895 bits per heavy atom. The van der Waals surface area contributed by atoms with Crippen LogP contribution in [-0.2, 0) is 10.2 Å². The molecule has 4 atom stereocenters. The number of amides is 1. The van der Waals surface area contributed by atoms with Crippen LogP contribution in [0.5, 0.6) is 0 Å². The Bertz CT molecular complexity index is 1660. The molecule has 186 valence electrons. The van der Waals surface area contributed by atoms with Crippen molar-refractivity contribution in [1.29, 1.82) is 0 Å². The lowest BCUT2D eigenvalue weighted by Crippen LogP contribution is -2.51. The molecule has 3 aromatic carbocycles. The SMILES string of the molecule is O=C(c1ccccc1Cl)[C@@H]1[C@H](C(=O)c2ccco2)[C@]2(C(=O)Nc3ccccc32)[C@@H]2C=Cc3ccccc3N12. The first-order valence-corrected chi connectivity index (χ1v) is 12.7. The van der Waals surface area contributed by atoms with E-state index in [9.17, 15) is 14.4 Å². The number of furan rings is 1. The molecule has 4 aromatic rings. The van der Waals surface area contributed by atoms with Gasteiger partial charge >= 0.3 is 0 Å². The van der Waals surface area contributed by atoms with Crippen LogP contribution in [0, 0.1) is 5.92 Å². The number of nitrogens with one attached hydrogen (secondary N) is 1. The van der Waals surface area contributed by atoms with Gasteiger partial charge in [-0.15, -0.1) is 0 Å². The van der Waals surface area contributed by atoms with Crippen molar-refractivity contribution >= 4 is 46.5 Å². The number of fused-ring (bicyclic) bond motifs is 6. The van der Waals surface area contributed by atoms with Crippen LogP contribution in [0.25, 0.3) is 6.08 Å². The van der Waals surface area contributed by atoms with Gasteiger partial charge in [-0.1, -0.05) is 72.3 Å². The molecule has 4 heterocycles. The fourth-order valence-corrected chi connectivity index (χ4v) is 6.74. The van der Waals surface area contributed by atoms with Crippen LogP contribution in [0.2, 0.25) is 5.02 Å². The standard InChI is InChI=1S/C31H21ClN2O4/c32-21-11-4-2-9-19(21)28(35)27-26(29(36)24-14-7-17-38-24)31(20-10-3-5-12-22(20)33-30(31)37)25-16-15-18-8-1-6-13-23(18)34(25)27/h1-17,25-27H,(H,33,37)/t25-,26+,27-,31+/m0/s1. The summed E-state index contributed by atoms with van der Waals surface area (Å²) >= 11 is 6.52. The maximum absolute atomic E-state index is 14.5.